The van der Waals surface area contributed by atoms with E-state index in [1.807, 2.05) is 0 Å². The van der Waals surface area contributed by atoms with Gasteiger partial charge in [0.05, 0.1) is 11.0 Å². The molecule has 2 rings (SSSR count). The molecule has 0 spiro atoms. The molecule has 0 aliphatic heterocycles. The van der Waals surface area contributed by atoms with E-state index in [2.05, 4.69) is 5.32 Å². The van der Waals surface area contributed by atoms with Gasteiger partial charge in [0.15, 0.2) is 0 Å². The van der Waals surface area contributed by atoms with Crippen LogP contribution in [0.4, 0.5) is 11.4 Å². The molecule has 0 aliphatic carbocycles. The molecule has 8 heteroatoms. The Hall–Kier alpha value is -2.56. The van der Waals surface area contributed by atoms with Crippen LogP contribution >= 0.6 is 23.4 Å². The number of nitrogens with one attached hydrogen (secondary N) is 1. The van der Waals surface area contributed by atoms with Crippen molar-refractivity contribution in [2.24, 2.45) is 0 Å². The maximum absolute atomic E-state index is 11.5. The predicted octanol–water partition coefficient (Wildman–Crippen LogP) is 4.25. The Morgan fingerprint density at radius 3 is 2.57 bits per heavy atom. The van der Waals surface area contributed by atoms with Gasteiger partial charge >= 0.3 is 0 Å². The Balaban J connectivity index is 2.29. The number of halogens is 1. The number of nitro groups is 1. The molecule has 0 radical (unpaired) electrons. The lowest BCUT2D eigenvalue weighted by atomic mass is 10.2. The molecule has 23 heavy (non-hydrogen) atoms. The molecule has 2 aromatic carbocycles. The molecule has 0 atom stereocenters. The van der Waals surface area contributed by atoms with E-state index < -0.39 is 10.8 Å². The van der Waals surface area contributed by atoms with Crippen molar-refractivity contribution in [3.8, 4) is 6.07 Å². The van der Waals surface area contributed by atoms with E-state index in [1.54, 1.807) is 36.4 Å². The van der Waals surface area contributed by atoms with Gasteiger partial charge in [0.1, 0.15) is 6.42 Å². The van der Waals surface area contributed by atoms with Gasteiger partial charge in [-0.25, -0.2) is 0 Å². The highest BCUT2D eigenvalue weighted by atomic mass is 35.5. The number of nitro benzene ring substituents is 1. The number of nitriles is 1. The average Bonchev–Trinajstić information content (AvgIpc) is 2.49. The molecule has 0 heterocycles. The first kappa shape index (κ1) is 16.8. The number of nitrogens with zero attached hydrogens (tertiary/aromatic N) is 2. The molecule has 0 unspecified atom stereocenters. The molecule has 6 nitrogen and oxygen atoms in total. The number of anilines is 1. The van der Waals surface area contributed by atoms with Gasteiger partial charge in [0, 0.05) is 32.6 Å². The summed E-state index contributed by atoms with van der Waals surface area (Å²) >= 11 is 7.12. The van der Waals surface area contributed by atoms with Gasteiger partial charge in [-0.1, -0.05) is 23.4 Å². The summed E-state index contributed by atoms with van der Waals surface area (Å²) in [5.41, 5.74) is 0.132. The Bertz CT molecular complexity index is 788. The van der Waals surface area contributed by atoms with Crippen molar-refractivity contribution < 1.29 is 9.72 Å². The lowest BCUT2D eigenvalue weighted by molar-refractivity contribution is -0.385. The van der Waals surface area contributed by atoms with Crippen LogP contribution in [0.5, 0.6) is 0 Å². The van der Waals surface area contributed by atoms with Crippen LogP contribution in [-0.4, -0.2) is 10.8 Å². The van der Waals surface area contributed by atoms with Gasteiger partial charge < -0.3 is 5.32 Å². The minimum Gasteiger partial charge on any atom is -0.325 e. The quantitative estimate of drug-likeness (QED) is 0.644. The average molecular weight is 348 g/mol. The van der Waals surface area contributed by atoms with Crippen LogP contribution in [0, 0.1) is 21.4 Å². The van der Waals surface area contributed by atoms with Crippen LogP contribution < -0.4 is 5.32 Å². The minimum absolute atomic E-state index is 0.142. The zero-order valence-corrected chi connectivity index (χ0v) is 13.2. The highest BCUT2D eigenvalue weighted by Gasteiger charge is 2.12. The molecule has 116 valence electrons. The summed E-state index contributed by atoms with van der Waals surface area (Å²) in [6.07, 6.45) is -0.317. The molecular formula is C15H10ClN3O3S. The Morgan fingerprint density at radius 1 is 1.26 bits per heavy atom. The summed E-state index contributed by atoms with van der Waals surface area (Å²) in [5.74, 6) is -0.518. The summed E-state index contributed by atoms with van der Waals surface area (Å²) in [4.78, 5) is 23.4. The first-order valence-electron chi connectivity index (χ1n) is 6.37. The van der Waals surface area contributed by atoms with Crippen LogP contribution in [0.15, 0.2) is 52.3 Å². The highest BCUT2D eigenvalue weighted by Crippen LogP contribution is 2.33. The van der Waals surface area contributed by atoms with Gasteiger partial charge in [-0.2, -0.15) is 5.26 Å². The molecule has 0 saturated carbocycles. The van der Waals surface area contributed by atoms with Crippen LogP contribution in [0.25, 0.3) is 0 Å². The Morgan fingerprint density at radius 2 is 1.96 bits per heavy atom. The van der Waals surface area contributed by atoms with Crippen molar-refractivity contribution in [2.75, 3.05) is 5.32 Å². The van der Waals surface area contributed by atoms with Crippen LogP contribution in [0.3, 0.4) is 0 Å². The van der Waals surface area contributed by atoms with Crippen molar-refractivity contribution in [2.45, 2.75) is 16.2 Å². The number of non-ortho nitro benzene ring substituents is 1. The van der Waals surface area contributed by atoms with Crippen molar-refractivity contribution in [3.63, 3.8) is 0 Å². The molecule has 0 aromatic heterocycles. The second-order valence-electron chi connectivity index (χ2n) is 4.41. The van der Waals surface area contributed by atoms with Gasteiger partial charge in [-0.15, -0.1) is 0 Å². The van der Waals surface area contributed by atoms with E-state index in [-0.39, 0.29) is 17.8 Å². The fourth-order valence-corrected chi connectivity index (χ4v) is 2.77. The second kappa shape index (κ2) is 7.63. The summed E-state index contributed by atoms with van der Waals surface area (Å²) in [6, 6.07) is 13.0. The first-order valence-corrected chi connectivity index (χ1v) is 7.57. The molecule has 2 aromatic rings. The summed E-state index contributed by atoms with van der Waals surface area (Å²) in [5, 5.41) is 22.6. The molecule has 0 saturated heterocycles. The van der Waals surface area contributed by atoms with Crippen LogP contribution in [-0.2, 0) is 4.79 Å². The van der Waals surface area contributed by atoms with Crippen molar-refractivity contribution in [3.05, 3.63) is 57.6 Å². The van der Waals surface area contributed by atoms with E-state index in [0.29, 0.717) is 9.92 Å². The van der Waals surface area contributed by atoms with E-state index in [1.165, 1.54) is 23.9 Å². The topological polar surface area (TPSA) is 96.0 Å². The molecule has 0 fully saturated rings. The third-order valence-electron chi connectivity index (χ3n) is 2.67. The standard InChI is InChI=1S/C15H10ClN3O3S/c16-10-1-3-13(4-2-10)23-14-8-11(18-15(20)5-6-17)7-12(9-14)19(21)22/h1-4,7-9H,5H2,(H,18,20). The van der Waals surface area contributed by atoms with Gasteiger partial charge in [0.2, 0.25) is 5.91 Å². The molecule has 0 aliphatic rings. The third kappa shape index (κ3) is 4.98. The van der Waals surface area contributed by atoms with Crippen molar-refractivity contribution in [1.82, 2.24) is 0 Å². The van der Waals surface area contributed by atoms with E-state index in [4.69, 9.17) is 16.9 Å². The summed E-state index contributed by atoms with van der Waals surface area (Å²) in [7, 11) is 0. The molecule has 0 bridgehead atoms. The van der Waals surface area contributed by atoms with Crippen LogP contribution in [0.1, 0.15) is 6.42 Å². The second-order valence-corrected chi connectivity index (χ2v) is 6.00. The highest BCUT2D eigenvalue weighted by molar-refractivity contribution is 7.99. The summed E-state index contributed by atoms with van der Waals surface area (Å²) < 4.78 is 0. The lowest BCUT2D eigenvalue weighted by Gasteiger charge is -2.07. The van der Waals surface area contributed by atoms with Crippen molar-refractivity contribution in [1.29, 1.82) is 5.26 Å². The molecule has 1 amide bonds. The number of carbonyl (C=O) groups is 1. The van der Waals surface area contributed by atoms with E-state index in [0.717, 1.165) is 4.90 Å². The van der Waals surface area contributed by atoms with Gasteiger partial charge in [0.25, 0.3) is 5.69 Å². The van der Waals surface area contributed by atoms with E-state index in [9.17, 15) is 14.9 Å². The summed E-state index contributed by atoms with van der Waals surface area (Å²) in [6.45, 7) is 0. The fourth-order valence-electron chi connectivity index (χ4n) is 1.74. The first-order chi connectivity index (χ1) is 11.0. The SMILES string of the molecule is N#CCC(=O)Nc1cc(Sc2ccc(Cl)cc2)cc([N+](=O)[O-])c1. The van der Waals surface area contributed by atoms with Crippen LogP contribution in [0.2, 0.25) is 5.02 Å². The smallest absolute Gasteiger partial charge is 0.272 e. The fraction of sp³-hybridized carbons (Fsp3) is 0.0667. The number of hydrogen-bond donors (Lipinski definition) is 1. The number of hydrogen-bond acceptors (Lipinski definition) is 5. The molecular weight excluding hydrogens is 338 g/mol. The monoisotopic (exact) mass is 347 g/mol. The van der Waals surface area contributed by atoms with Crippen molar-refractivity contribution >= 4 is 40.6 Å². The largest absolute Gasteiger partial charge is 0.325 e. The maximum Gasteiger partial charge on any atom is 0.272 e. The number of benzene rings is 2. The van der Waals surface area contributed by atoms with Gasteiger partial charge in [-0.05, 0) is 30.3 Å². The molecule has 1 N–H and O–H groups in total. The van der Waals surface area contributed by atoms with E-state index >= 15 is 0 Å². The maximum atomic E-state index is 11.5. The third-order valence-corrected chi connectivity index (χ3v) is 3.91. The number of amides is 1. The number of rotatable bonds is 5. The predicted molar refractivity (Wildman–Crippen MR) is 87.5 cm³/mol. The Labute approximate surface area is 141 Å². The zero-order chi connectivity index (χ0) is 16.8. The zero-order valence-electron chi connectivity index (χ0n) is 11.7. The normalized spacial score (nSPS) is 9.91. The lowest BCUT2D eigenvalue weighted by Crippen LogP contribution is -2.10. The number of carbonyl (C=O) groups excluding carboxylic acids is 1. The van der Waals surface area contributed by atoms with Gasteiger partial charge in [-0.3, -0.25) is 14.9 Å². The minimum atomic E-state index is -0.536. The Kier molecular flexibility index (Phi) is 5.57.